The minimum absolute atomic E-state index is 0.0705. The summed E-state index contributed by atoms with van der Waals surface area (Å²) in [4.78, 5) is 20.8. The van der Waals surface area contributed by atoms with E-state index in [9.17, 15) is 31.9 Å². The van der Waals surface area contributed by atoms with Gasteiger partial charge in [0.1, 0.15) is 5.56 Å². The third kappa shape index (κ3) is 6.75. The number of nitrogens with one attached hydrogen (secondary N) is 1. The summed E-state index contributed by atoms with van der Waals surface area (Å²) >= 11 is 1.45. The van der Waals surface area contributed by atoms with Crippen molar-refractivity contribution in [1.29, 1.82) is 0 Å². The van der Waals surface area contributed by atoms with Crippen molar-refractivity contribution < 1.29 is 41.3 Å². The largest absolute Gasteiger partial charge is 0.392 e. The molecule has 2 heterocycles. The maximum Gasteiger partial charge on any atom is 0.257 e. The normalized spacial score (nSPS) is 20.0. The highest BCUT2D eigenvalue weighted by atomic mass is 32.2. The maximum atomic E-state index is 14.0. The highest BCUT2D eigenvalue weighted by Gasteiger charge is 2.38. The van der Waals surface area contributed by atoms with Gasteiger partial charge in [0, 0.05) is 36.2 Å². The molecule has 0 aliphatic carbocycles. The van der Waals surface area contributed by atoms with Crippen LogP contribution in [0.2, 0.25) is 0 Å². The van der Waals surface area contributed by atoms with Gasteiger partial charge in [-0.2, -0.15) is 0 Å². The number of benzene rings is 3. The number of halogens is 5. The molecule has 0 saturated carbocycles. The number of aliphatic hydroxyl groups is 1. The van der Waals surface area contributed by atoms with E-state index in [1.54, 1.807) is 42.7 Å². The number of amides is 1. The average molecular weight is 632 g/mol. The second kappa shape index (κ2) is 13.8. The highest BCUT2D eigenvalue weighted by molar-refractivity contribution is 7.99. The minimum Gasteiger partial charge on any atom is -0.392 e. The fourth-order valence-electron chi connectivity index (χ4n) is 4.69. The zero-order valence-corrected chi connectivity index (χ0v) is 24.0. The number of carbonyl (C=O) groups excluding carboxylic acids is 1. The minimum atomic E-state index is -2.34. The average Bonchev–Trinajstić information content (AvgIpc) is 3.06. The van der Waals surface area contributed by atoms with Crippen molar-refractivity contribution in [2.45, 2.75) is 43.7 Å². The van der Waals surface area contributed by atoms with E-state index in [0.717, 1.165) is 11.1 Å². The van der Waals surface area contributed by atoms with Crippen LogP contribution in [-0.2, 0) is 22.6 Å². The molecular formula is C31H26F5N3O4S. The standard InChI is InChI=1S/C31H26F5N3O4S/c1-16-21(15-44-31-37-11-2-12-38-31)42-30(43-28(16)19-7-5-18(14-40)6-8-19)20-9-3-17(4-10-20)13-39-29(41)22-23(32)25(34)27(36)26(35)24(22)33/h2-12,16,21,28,30,40H,13-15H2,1H3,(H,39,41)/t16-,21+,28+,30+/m0/s1. The number of hydrogen-bond acceptors (Lipinski definition) is 7. The molecule has 13 heteroatoms. The quantitative estimate of drug-likeness (QED) is 0.0750. The Hall–Kier alpha value is -3.91. The van der Waals surface area contributed by atoms with Gasteiger partial charge < -0.3 is 19.9 Å². The van der Waals surface area contributed by atoms with Crippen LogP contribution in [0.25, 0.3) is 0 Å². The van der Waals surface area contributed by atoms with Crippen molar-refractivity contribution in [2.75, 3.05) is 5.75 Å². The molecule has 0 radical (unpaired) electrons. The molecule has 44 heavy (non-hydrogen) atoms. The van der Waals surface area contributed by atoms with Crippen molar-refractivity contribution in [1.82, 2.24) is 15.3 Å². The number of aliphatic hydroxyl groups excluding tert-OH is 1. The van der Waals surface area contributed by atoms with Gasteiger partial charge in [-0.3, -0.25) is 4.79 Å². The zero-order chi connectivity index (χ0) is 31.4. The molecule has 1 amide bonds. The number of ether oxygens (including phenoxy) is 2. The van der Waals surface area contributed by atoms with Crippen molar-refractivity contribution in [3.63, 3.8) is 0 Å². The molecule has 230 valence electrons. The van der Waals surface area contributed by atoms with E-state index in [4.69, 9.17) is 9.47 Å². The molecule has 4 aromatic rings. The summed E-state index contributed by atoms with van der Waals surface area (Å²) < 4.78 is 81.2. The molecule has 0 spiro atoms. The van der Waals surface area contributed by atoms with Crippen molar-refractivity contribution >= 4 is 17.7 Å². The molecule has 0 unspecified atom stereocenters. The fourth-order valence-corrected chi connectivity index (χ4v) is 5.66. The number of aromatic nitrogens is 2. The second-order valence-corrected chi connectivity index (χ2v) is 11.0. The van der Waals surface area contributed by atoms with Crippen molar-refractivity contribution in [2.24, 2.45) is 5.92 Å². The second-order valence-electron chi connectivity index (χ2n) is 10.0. The van der Waals surface area contributed by atoms with E-state index in [-0.39, 0.29) is 31.3 Å². The summed E-state index contributed by atoms with van der Waals surface area (Å²) in [5.41, 5.74) is 1.25. The van der Waals surface area contributed by atoms with Gasteiger partial charge in [0.2, 0.25) is 5.82 Å². The molecule has 0 bridgehead atoms. The predicted molar refractivity (Wildman–Crippen MR) is 150 cm³/mol. The first kappa shape index (κ1) is 31.5. The summed E-state index contributed by atoms with van der Waals surface area (Å²) in [6.07, 6.45) is 1.90. The molecule has 2 N–H and O–H groups in total. The first-order valence-electron chi connectivity index (χ1n) is 13.5. The van der Waals surface area contributed by atoms with Crippen LogP contribution in [0.3, 0.4) is 0 Å². The molecule has 1 fully saturated rings. The summed E-state index contributed by atoms with van der Waals surface area (Å²) in [5, 5.41) is 12.2. The van der Waals surface area contributed by atoms with Gasteiger partial charge >= 0.3 is 0 Å². The van der Waals surface area contributed by atoms with Crippen LogP contribution in [0.5, 0.6) is 0 Å². The lowest BCUT2D eigenvalue weighted by molar-refractivity contribution is -0.268. The van der Waals surface area contributed by atoms with Crippen LogP contribution in [0.4, 0.5) is 22.0 Å². The molecule has 3 aromatic carbocycles. The van der Waals surface area contributed by atoms with Crippen molar-refractivity contribution in [3.8, 4) is 0 Å². The predicted octanol–water partition coefficient (Wildman–Crippen LogP) is 6.18. The Balaban J connectivity index is 1.31. The molecule has 7 nitrogen and oxygen atoms in total. The van der Waals surface area contributed by atoms with Gasteiger partial charge in [0.25, 0.3) is 5.91 Å². The third-order valence-electron chi connectivity index (χ3n) is 7.18. The number of hydrogen-bond donors (Lipinski definition) is 2. The molecule has 5 rings (SSSR count). The van der Waals surface area contributed by atoms with Gasteiger partial charge in [-0.1, -0.05) is 67.2 Å². The van der Waals surface area contributed by atoms with Crippen LogP contribution < -0.4 is 5.32 Å². The van der Waals surface area contributed by atoms with E-state index in [0.29, 0.717) is 22.0 Å². The highest BCUT2D eigenvalue weighted by Crippen LogP contribution is 2.42. The first-order chi connectivity index (χ1) is 21.2. The van der Waals surface area contributed by atoms with E-state index in [2.05, 4.69) is 15.3 Å². The number of carbonyl (C=O) groups is 1. The van der Waals surface area contributed by atoms with Gasteiger partial charge in [-0.25, -0.2) is 31.9 Å². The van der Waals surface area contributed by atoms with Crippen LogP contribution in [0.15, 0.2) is 72.1 Å². The Labute approximate surface area is 253 Å². The van der Waals surface area contributed by atoms with Crippen LogP contribution >= 0.6 is 11.8 Å². The zero-order valence-electron chi connectivity index (χ0n) is 23.1. The lowest BCUT2D eigenvalue weighted by Gasteiger charge is -2.41. The van der Waals surface area contributed by atoms with Gasteiger partial charge in [0.15, 0.2) is 34.7 Å². The fraction of sp³-hybridized carbons (Fsp3) is 0.258. The van der Waals surface area contributed by atoms with Gasteiger partial charge in [-0.05, 0) is 22.8 Å². The van der Waals surface area contributed by atoms with E-state index in [1.165, 1.54) is 11.8 Å². The molecule has 4 atom stereocenters. The molecule has 1 aromatic heterocycles. The number of rotatable bonds is 9. The molecule has 1 aliphatic heterocycles. The maximum absolute atomic E-state index is 14.0. The third-order valence-corrected chi connectivity index (χ3v) is 8.15. The lowest BCUT2D eigenvalue weighted by atomic mass is 9.91. The van der Waals surface area contributed by atoms with E-state index < -0.39 is 46.8 Å². The Morgan fingerprint density at radius 1 is 0.841 bits per heavy atom. The van der Waals surface area contributed by atoms with E-state index in [1.807, 2.05) is 31.2 Å². The van der Waals surface area contributed by atoms with E-state index >= 15 is 0 Å². The number of thioether (sulfide) groups is 1. The van der Waals surface area contributed by atoms with Crippen LogP contribution in [-0.4, -0.2) is 32.8 Å². The molecule has 1 aliphatic rings. The Kier molecular flexibility index (Phi) is 9.89. The van der Waals surface area contributed by atoms with Gasteiger partial charge in [-0.15, -0.1) is 0 Å². The number of nitrogens with zero attached hydrogens (tertiary/aromatic N) is 2. The summed E-state index contributed by atoms with van der Waals surface area (Å²) in [5.74, 6) is -12.1. The molecule has 1 saturated heterocycles. The topological polar surface area (TPSA) is 93.6 Å². The Morgan fingerprint density at radius 2 is 1.41 bits per heavy atom. The smallest absolute Gasteiger partial charge is 0.257 e. The lowest BCUT2D eigenvalue weighted by Crippen LogP contribution is -2.38. The summed E-state index contributed by atoms with van der Waals surface area (Å²) in [6, 6.07) is 15.8. The Bertz CT molecular complexity index is 1580. The Morgan fingerprint density at radius 3 is 2.02 bits per heavy atom. The summed E-state index contributed by atoms with van der Waals surface area (Å²) in [6.45, 7) is 1.68. The monoisotopic (exact) mass is 631 g/mol. The summed E-state index contributed by atoms with van der Waals surface area (Å²) in [7, 11) is 0. The van der Waals surface area contributed by atoms with Crippen molar-refractivity contribution in [3.05, 3.63) is 124 Å². The van der Waals surface area contributed by atoms with Gasteiger partial charge in [0.05, 0.1) is 18.8 Å². The van der Waals surface area contributed by atoms with Crippen LogP contribution in [0, 0.1) is 35.0 Å². The van der Waals surface area contributed by atoms with Crippen LogP contribution in [0.1, 0.15) is 51.9 Å². The molecular weight excluding hydrogens is 605 g/mol. The first-order valence-corrected chi connectivity index (χ1v) is 14.4. The SMILES string of the molecule is C[C@H]1[C@@H](CSc2ncccn2)O[C@@H](c2ccc(CNC(=O)c3c(F)c(F)c(F)c(F)c3F)cc2)O[C@H]1c1ccc(CO)cc1.